The Balaban J connectivity index is 2.02. The molecule has 1 heterocycles. The third kappa shape index (κ3) is 5.24. The number of amides is 1. The lowest BCUT2D eigenvalue weighted by atomic mass is 10.1. The monoisotopic (exact) mass is 370 g/mol. The molecule has 1 fully saturated rings. The van der Waals surface area contributed by atoms with Crippen molar-refractivity contribution in [2.24, 2.45) is 0 Å². The number of sulfonamides is 1. The van der Waals surface area contributed by atoms with Gasteiger partial charge >= 0.3 is 0 Å². The Kier molecular flexibility index (Phi) is 6.56. The van der Waals surface area contributed by atoms with Crippen LogP contribution in [0.5, 0.6) is 0 Å². The van der Waals surface area contributed by atoms with Crippen molar-refractivity contribution in [1.29, 1.82) is 0 Å². The summed E-state index contributed by atoms with van der Waals surface area (Å²) in [6.45, 7) is 2.77. The summed E-state index contributed by atoms with van der Waals surface area (Å²) >= 11 is 0. The zero-order valence-electron chi connectivity index (χ0n) is 14.7. The molecule has 1 aromatic rings. The molecule has 1 saturated heterocycles. The Hall–Kier alpha value is -1.48. The van der Waals surface area contributed by atoms with Gasteiger partial charge in [0.25, 0.3) is 5.91 Å². The maximum atomic E-state index is 12.6. The van der Waals surface area contributed by atoms with Crippen LogP contribution < -0.4 is 5.32 Å². The van der Waals surface area contributed by atoms with Crippen molar-refractivity contribution < 1.29 is 23.1 Å². The van der Waals surface area contributed by atoms with Gasteiger partial charge in [-0.05, 0) is 44.0 Å². The second kappa shape index (κ2) is 8.27. The van der Waals surface area contributed by atoms with Crippen molar-refractivity contribution >= 4 is 15.9 Å². The second-order valence-corrected chi connectivity index (χ2v) is 8.54. The maximum absolute atomic E-state index is 12.6. The van der Waals surface area contributed by atoms with E-state index in [1.165, 1.54) is 35.7 Å². The Labute approximate surface area is 149 Å². The molecule has 0 bridgehead atoms. The van der Waals surface area contributed by atoms with E-state index in [-0.39, 0.29) is 24.0 Å². The van der Waals surface area contributed by atoms with Gasteiger partial charge < -0.3 is 15.2 Å². The van der Waals surface area contributed by atoms with E-state index < -0.39 is 15.6 Å². The number of nitrogens with one attached hydrogen (secondary N) is 1. The molecule has 25 heavy (non-hydrogen) atoms. The van der Waals surface area contributed by atoms with Crippen molar-refractivity contribution in [1.82, 2.24) is 9.62 Å². The summed E-state index contributed by atoms with van der Waals surface area (Å²) in [5, 5.41) is 12.6. The fourth-order valence-electron chi connectivity index (χ4n) is 2.77. The molecule has 1 aliphatic heterocycles. The fourth-order valence-corrected chi connectivity index (χ4v) is 4.28. The number of benzene rings is 1. The Morgan fingerprint density at radius 1 is 1.24 bits per heavy atom. The lowest BCUT2D eigenvalue weighted by Gasteiger charge is -2.26. The molecule has 2 N–H and O–H groups in total. The van der Waals surface area contributed by atoms with Gasteiger partial charge in [0.1, 0.15) is 5.60 Å². The van der Waals surface area contributed by atoms with Crippen LogP contribution in [-0.4, -0.2) is 62.7 Å². The van der Waals surface area contributed by atoms with Crippen molar-refractivity contribution in [2.75, 3.05) is 33.4 Å². The van der Waals surface area contributed by atoms with Gasteiger partial charge in [0.2, 0.25) is 10.0 Å². The van der Waals surface area contributed by atoms with E-state index in [2.05, 4.69) is 5.32 Å². The first-order chi connectivity index (χ1) is 11.8. The van der Waals surface area contributed by atoms with Crippen LogP contribution in [0.25, 0.3) is 0 Å². The number of rotatable bonds is 7. The number of piperidine rings is 1. The van der Waals surface area contributed by atoms with E-state index in [0.29, 0.717) is 18.7 Å². The average molecular weight is 370 g/mol. The molecule has 0 radical (unpaired) electrons. The first-order valence-corrected chi connectivity index (χ1v) is 9.80. The van der Waals surface area contributed by atoms with Crippen LogP contribution in [0, 0.1) is 0 Å². The summed E-state index contributed by atoms with van der Waals surface area (Å²) in [6, 6.07) is 5.87. The molecule has 1 aliphatic rings. The molecule has 1 atom stereocenters. The molecular weight excluding hydrogens is 344 g/mol. The molecule has 7 nitrogen and oxygen atoms in total. The quantitative estimate of drug-likeness (QED) is 0.746. The van der Waals surface area contributed by atoms with E-state index in [1.807, 2.05) is 0 Å². The largest absolute Gasteiger partial charge is 0.386 e. The summed E-state index contributed by atoms with van der Waals surface area (Å²) in [5.74, 6) is -0.377. The number of carbonyl (C=O) groups is 1. The predicted molar refractivity (Wildman–Crippen MR) is 93.9 cm³/mol. The zero-order chi connectivity index (χ0) is 18.5. The summed E-state index contributed by atoms with van der Waals surface area (Å²) in [7, 11) is -2.03. The molecule has 0 saturated carbocycles. The summed E-state index contributed by atoms with van der Waals surface area (Å²) in [4.78, 5) is 12.3. The minimum Gasteiger partial charge on any atom is -0.386 e. The maximum Gasteiger partial charge on any atom is 0.251 e. The Morgan fingerprint density at radius 3 is 2.40 bits per heavy atom. The van der Waals surface area contributed by atoms with Gasteiger partial charge in [-0.2, -0.15) is 4.31 Å². The highest BCUT2D eigenvalue weighted by Crippen LogP contribution is 2.20. The highest BCUT2D eigenvalue weighted by molar-refractivity contribution is 7.89. The third-order valence-corrected chi connectivity index (χ3v) is 6.07. The summed E-state index contributed by atoms with van der Waals surface area (Å²) in [6.07, 6.45) is 2.81. The highest BCUT2D eigenvalue weighted by Gasteiger charge is 2.26. The average Bonchev–Trinajstić information content (AvgIpc) is 2.60. The van der Waals surface area contributed by atoms with Crippen LogP contribution in [0.15, 0.2) is 29.2 Å². The molecule has 0 aromatic heterocycles. The minimum atomic E-state index is -3.50. The first-order valence-electron chi connectivity index (χ1n) is 8.36. The minimum absolute atomic E-state index is 0.0352. The lowest BCUT2D eigenvalue weighted by molar-refractivity contribution is -0.0147. The van der Waals surface area contributed by atoms with Gasteiger partial charge in [0.15, 0.2) is 0 Å². The van der Waals surface area contributed by atoms with E-state index in [4.69, 9.17) is 4.74 Å². The van der Waals surface area contributed by atoms with Gasteiger partial charge in [0, 0.05) is 32.3 Å². The second-order valence-electron chi connectivity index (χ2n) is 6.60. The van der Waals surface area contributed by atoms with Gasteiger partial charge in [0.05, 0.1) is 11.5 Å². The van der Waals surface area contributed by atoms with Crippen LogP contribution >= 0.6 is 0 Å². The van der Waals surface area contributed by atoms with Crippen molar-refractivity contribution in [2.45, 2.75) is 36.7 Å². The molecular formula is C17H26N2O5S. The number of ether oxygens (including phenoxy) is 1. The fraction of sp³-hybridized carbons (Fsp3) is 0.588. The van der Waals surface area contributed by atoms with Crippen LogP contribution in [-0.2, 0) is 14.8 Å². The topological polar surface area (TPSA) is 95.9 Å². The Bertz CT molecular complexity index is 679. The molecule has 2 rings (SSSR count). The van der Waals surface area contributed by atoms with E-state index in [1.54, 1.807) is 6.92 Å². The Morgan fingerprint density at radius 2 is 1.84 bits per heavy atom. The standard InChI is InChI=1S/C17H26N2O5S/c1-17(21,13-24-2)12-18-16(20)14-6-8-15(9-7-14)25(22,23)19-10-4-3-5-11-19/h6-9,21H,3-5,10-13H2,1-2H3,(H,18,20). The van der Waals surface area contributed by atoms with Crippen LogP contribution in [0.1, 0.15) is 36.5 Å². The summed E-state index contributed by atoms with van der Waals surface area (Å²) in [5.41, 5.74) is -0.826. The van der Waals surface area contributed by atoms with Crippen molar-refractivity contribution in [3.8, 4) is 0 Å². The van der Waals surface area contributed by atoms with Gasteiger partial charge in [-0.1, -0.05) is 6.42 Å². The van der Waals surface area contributed by atoms with Crippen LogP contribution in [0.3, 0.4) is 0 Å². The van der Waals surface area contributed by atoms with Crippen LogP contribution in [0.2, 0.25) is 0 Å². The van der Waals surface area contributed by atoms with Crippen molar-refractivity contribution in [3.05, 3.63) is 29.8 Å². The van der Waals surface area contributed by atoms with Gasteiger partial charge in [-0.15, -0.1) is 0 Å². The number of carbonyl (C=O) groups excluding carboxylic acids is 1. The highest BCUT2D eigenvalue weighted by atomic mass is 32.2. The summed E-state index contributed by atoms with van der Waals surface area (Å²) < 4.78 is 31.5. The third-order valence-electron chi connectivity index (χ3n) is 4.15. The van der Waals surface area contributed by atoms with E-state index in [9.17, 15) is 18.3 Å². The van der Waals surface area contributed by atoms with E-state index >= 15 is 0 Å². The molecule has 1 amide bonds. The smallest absolute Gasteiger partial charge is 0.251 e. The number of aliphatic hydroxyl groups is 1. The SMILES string of the molecule is COCC(C)(O)CNC(=O)c1ccc(S(=O)(=O)N2CCCCC2)cc1. The normalized spacial score (nSPS) is 18.5. The number of hydrogen-bond acceptors (Lipinski definition) is 5. The zero-order valence-corrected chi connectivity index (χ0v) is 15.5. The predicted octanol–water partition coefficient (Wildman–Crippen LogP) is 0.988. The molecule has 0 spiro atoms. The number of nitrogens with zero attached hydrogens (tertiary/aromatic N) is 1. The molecule has 1 aromatic carbocycles. The number of methoxy groups -OCH3 is 1. The van der Waals surface area contributed by atoms with Crippen molar-refractivity contribution in [3.63, 3.8) is 0 Å². The molecule has 0 aliphatic carbocycles. The van der Waals surface area contributed by atoms with Gasteiger partial charge in [-0.3, -0.25) is 4.79 Å². The first kappa shape index (κ1) is 19.8. The molecule has 8 heteroatoms. The lowest BCUT2D eigenvalue weighted by Crippen LogP contribution is -2.43. The molecule has 140 valence electrons. The van der Waals surface area contributed by atoms with E-state index in [0.717, 1.165) is 19.3 Å². The molecule has 1 unspecified atom stereocenters. The van der Waals surface area contributed by atoms with Gasteiger partial charge in [-0.25, -0.2) is 8.42 Å². The number of hydrogen-bond donors (Lipinski definition) is 2. The van der Waals surface area contributed by atoms with Crippen LogP contribution in [0.4, 0.5) is 0 Å².